The van der Waals surface area contributed by atoms with Crippen molar-refractivity contribution in [3.8, 4) is 11.8 Å². The third-order valence-electron chi connectivity index (χ3n) is 3.99. The van der Waals surface area contributed by atoms with E-state index in [9.17, 15) is 0 Å². The maximum Gasteiger partial charge on any atom is 0.316 e. The summed E-state index contributed by atoms with van der Waals surface area (Å²) in [6.07, 6.45) is 7.12. The molecule has 0 amide bonds. The molecule has 3 rings (SSSR count). The van der Waals surface area contributed by atoms with Gasteiger partial charge in [0.25, 0.3) is 0 Å². The zero-order valence-electron chi connectivity index (χ0n) is 14.3. The summed E-state index contributed by atoms with van der Waals surface area (Å²) in [6, 6.07) is 2.34. The van der Waals surface area contributed by atoms with E-state index in [1.54, 1.807) is 19.5 Å². The van der Waals surface area contributed by atoms with E-state index in [0.29, 0.717) is 17.7 Å². The van der Waals surface area contributed by atoms with Gasteiger partial charge in [0.15, 0.2) is 5.75 Å². The van der Waals surface area contributed by atoms with Crippen molar-refractivity contribution >= 4 is 5.82 Å². The fourth-order valence-corrected chi connectivity index (χ4v) is 2.68. The van der Waals surface area contributed by atoms with E-state index in [4.69, 9.17) is 9.47 Å². The second-order valence-corrected chi connectivity index (χ2v) is 6.16. The molecule has 0 radical (unpaired) electrons. The van der Waals surface area contributed by atoms with Crippen LogP contribution in [0.4, 0.5) is 5.82 Å². The molecule has 7 heteroatoms. The Morgan fingerprint density at radius 2 is 2.00 bits per heavy atom. The first-order chi connectivity index (χ1) is 11.7. The maximum atomic E-state index is 5.92. The van der Waals surface area contributed by atoms with Gasteiger partial charge in [-0.15, -0.1) is 0 Å². The number of hydrogen-bond acceptors (Lipinski definition) is 7. The minimum Gasteiger partial charge on any atom is -0.494 e. The number of methoxy groups -OCH3 is 1. The molecule has 1 saturated heterocycles. The quantitative estimate of drug-likeness (QED) is 0.834. The lowest BCUT2D eigenvalue weighted by atomic mass is 10.1. The van der Waals surface area contributed by atoms with Gasteiger partial charge in [0.2, 0.25) is 0 Å². The first kappa shape index (κ1) is 16.4. The molecule has 7 nitrogen and oxygen atoms in total. The summed E-state index contributed by atoms with van der Waals surface area (Å²) in [7, 11) is 1.59. The van der Waals surface area contributed by atoms with Crippen molar-refractivity contribution < 1.29 is 9.47 Å². The van der Waals surface area contributed by atoms with E-state index in [-0.39, 0.29) is 6.10 Å². The molecule has 2 aromatic rings. The number of anilines is 1. The van der Waals surface area contributed by atoms with E-state index < -0.39 is 0 Å². The molecule has 2 aromatic heterocycles. The standard InChI is InChI=1S/C17H23N5O2/c1-12(2)16-18-7-6-15(21-16)22-8-4-5-13(11-22)24-17-19-9-14(23-3)10-20-17/h6-7,9-10,12-13H,4-5,8,11H2,1-3H3. The van der Waals surface area contributed by atoms with Gasteiger partial charge in [-0.25, -0.2) is 9.97 Å². The van der Waals surface area contributed by atoms with Gasteiger partial charge in [-0.05, 0) is 18.9 Å². The molecular formula is C17H23N5O2. The fraction of sp³-hybridized carbons (Fsp3) is 0.529. The van der Waals surface area contributed by atoms with E-state index in [2.05, 4.69) is 38.7 Å². The van der Waals surface area contributed by atoms with Crippen molar-refractivity contribution in [1.29, 1.82) is 0 Å². The first-order valence-electron chi connectivity index (χ1n) is 8.26. The van der Waals surface area contributed by atoms with Crippen molar-refractivity contribution in [3.63, 3.8) is 0 Å². The van der Waals surface area contributed by atoms with Crippen LogP contribution in [0.1, 0.15) is 38.4 Å². The molecule has 24 heavy (non-hydrogen) atoms. The second kappa shape index (κ2) is 7.42. The van der Waals surface area contributed by atoms with Crippen LogP contribution in [-0.2, 0) is 0 Å². The Bertz CT molecular complexity index is 662. The Kier molecular flexibility index (Phi) is 5.08. The lowest BCUT2D eigenvalue weighted by Crippen LogP contribution is -2.42. The predicted octanol–water partition coefficient (Wildman–Crippen LogP) is 2.45. The van der Waals surface area contributed by atoms with Crippen LogP contribution in [0, 0.1) is 0 Å². The number of rotatable bonds is 5. The van der Waals surface area contributed by atoms with Crippen LogP contribution in [0.25, 0.3) is 0 Å². The number of hydrogen-bond donors (Lipinski definition) is 0. The van der Waals surface area contributed by atoms with E-state index in [0.717, 1.165) is 37.6 Å². The Hall–Kier alpha value is -2.44. The molecule has 1 aliphatic heterocycles. The zero-order chi connectivity index (χ0) is 16.9. The highest BCUT2D eigenvalue weighted by molar-refractivity contribution is 5.38. The van der Waals surface area contributed by atoms with Crippen LogP contribution >= 0.6 is 0 Å². The highest BCUT2D eigenvalue weighted by Crippen LogP contribution is 2.22. The predicted molar refractivity (Wildman–Crippen MR) is 90.6 cm³/mol. The summed E-state index contributed by atoms with van der Waals surface area (Å²) in [5.74, 6) is 2.76. The monoisotopic (exact) mass is 329 g/mol. The second-order valence-electron chi connectivity index (χ2n) is 6.16. The van der Waals surface area contributed by atoms with Crippen molar-refractivity contribution in [2.24, 2.45) is 0 Å². The Balaban J connectivity index is 1.66. The number of nitrogens with zero attached hydrogens (tertiary/aromatic N) is 5. The van der Waals surface area contributed by atoms with Gasteiger partial charge in [-0.1, -0.05) is 13.8 Å². The third kappa shape index (κ3) is 3.90. The Labute approximate surface area is 142 Å². The van der Waals surface area contributed by atoms with Gasteiger partial charge < -0.3 is 14.4 Å². The summed E-state index contributed by atoms with van der Waals surface area (Å²) in [5.41, 5.74) is 0. The lowest BCUT2D eigenvalue weighted by molar-refractivity contribution is 0.163. The molecular weight excluding hydrogens is 306 g/mol. The first-order valence-corrected chi connectivity index (χ1v) is 8.26. The highest BCUT2D eigenvalue weighted by Gasteiger charge is 2.23. The normalized spacial score (nSPS) is 17.8. The lowest BCUT2D eigenvalue weighted by Gasteiger charge is -2.33. The van der Waals surface area contributed by atoms with Gasteiger partial charge in [0.1, 0.15) is 17.7 Å². The van der Waals surface area contributed by atoms with Gasteiger partial charge in [-0.2, -0.15) is 9.97 Å². The van der Waals surface area contributed by atoms with Crippen molar-refractivity contribution in [2.75, 3.05) is 25.1 Å². The summed E-state index contributed by atoms with van der Waals surface area (Å²) in [4.78, 5) is 19.6. The van der Waals surface area contributed by atoms with E-state index in [1.807, 2.05) is 12.3 Å². The molecule has 128 valence electrons. The maximum absolute atomic E-state index is 5.92. The van der Waals surface area contributed by atoms with Gasteiger partial charge in [0.05, 0.1) is 26.0 Å². The molecule has 1 atom stereocenters. The topological polar surface area (TPSA) is 73.3 Å². The smallest absolute Gasteiger partial charge is 0.316 e. The Morgan fingerprint density at radius 1 is 1.21 bits per heavy atom. The van der Waals surface area contributed by atoms with E-state index >= 15 is 0 Å². The largest absolute Gasteiger partial charge is 0.494 e. The Morgan fingerprint density at radius 3 is 2.71 bits per heavy atom. The highest BCUT2D eigenvalue weighted by atomic mass is 16.5. The van der Waals surface area contributed by atoms with Gasteiger partial charge in [-0.3, -0.25) is 0 Å². The average molecular weight is 329 g/mol. The summed E-state index contributed by atoms with van der Waals surface area (Å²) in [6.45, 7) is 5.94. The minimum atomic E-state index is 0.0459. The van der Waals surface area contributed by atoms with Crippen molar-refractivity contribution in [3.05, 3.63) is 30.5 Å². The molecule has 0 saturated carbocycles. The average Bonchev–Trinajstić information content (AvgIpc) is 2.63. The van der Waals surface area contributed by atoms with Crippen LogP contribution in [0.2, 0.25) is 0 Å². The molecule has 0 aliphatic carbocycles. The SMILES string of the molecule is COc1cnc(OC2CCCN(c3ccnc(C(C)C)n3)C2)nc1. The molecule has 0 N–H and O–H groups in total. The van der Waals surface area contributed by atoms with Gasteiger partial charge in [0, 0.05) is 18.7 Å². The minimum absolute atomic E-state index is 0.0459. The molecule has 1 unspecified atom stereocenters. The third-order valence-corrected chi connectivity index (χ3v) is 3.99. The molecule has 0 bridgehead atoms. The molecule has 0 spiro atoms. The molecule has 0 aromatic carbocycles. The number of ether oxygens (including phenoxy) is 2. The fourth-order valence-electron chi connectivity index (χ4n) is 2.68. The van der Waals surface area contributed by atoms with Crippen LogP contribution in [0.3, 0.4) is 0 Å². The number of piperidine rings is 1. The van der Waals surface area contributed by atoms with E-state index in [1.165, 1.54) is 0 Å². The van der Waals surface area contributed by atoms with Crippen LogP contribution in [0.15, 0.2) is 24.7 Å². The van der Waals surface area contributed by atoms with Gasteiger partial charge >= 0.3 is 6.01 Å². The van der Waals surface area contributed by atoms with Crippen LogP contribution < -0.4 is 14.4 Å². The molecule has 1 fully saturated rings. The van der Waals surface area contributed by atoms with Crippen LogP contribution in [0.5, 0.6) is 11.8 Å². The summed E-state index contributed by atoms with van der Waals surface area (Å²) in [5, 5.41) is 0. The summed E-state index contributed by atoms with van der Waals surface area (Å²) < 4.78 is 11.0. The molecule has 3 heterocycles. The van der Waals surface area contributed by atoms with Crippen molar-refractivity contribution in [2.45, 2.75) is 38.7 Å². The van der Waals surface area contributed by atoms with Crippen LogP contribution in [-0.4, -0.2) is 46.2 Å². The number of aromatic nitrogens is 4. The van der Waals surface area contributed by atoms with Crippen molar-refractivity contribution in [1.82, 2.24) is 19.9 Å². The zero-order valence-corrected chi connectivity index (χ0v) is 14.3. The summed E-state index contributed by atoms with van der Waals surface area (Å²) >= 11 is 0. The molecule has 1 aliphatic rings.